The number of H-pyrrole nitrogens is 1. The number of piperazine rings is 1. The number of nitrogens with zero attached hydrogens (tertiary/aromatic N) is 2. The van der Waals surface area contributed by atoms with E-state index in [9.17, 15) is 18.4 Å². The Morgan fingerprint density at radius 1 is 1.00 bits per heavy atom. The van der Waals surface area contributed by atoms with Crippen molar-refractivity contribution in [1.82, 2.24) is 14.8 Å². The topological polar surface area (TPSA) is 80.5 Å². The van der Waals surface area contributed by atoms with Crippen LogP contribution >= 0.6 is 0 Å². The number of amides is 1. The average Bonchev–Trinajstić information content (AvgIpc) is 2.82. The molecule has 2 heterocycles. The highest BCUT2D eigenvalue weighted by Gasteiger charge is 2.16. The number of carbonyl (C=O) groups is 1. The molecule has 2 aromatic carbocycles. The number of pyridine rings is 1. The van der Waals surface area contributed by atoms with Gasteiger partial charge in [0.1, 0.15) is 17.2 Å². The number of carbonyl (C=O) groups excluding carboxylic acids is 1. The molecule has 184 valence electrons. The molecule has 0 saturated carbocycles. The predicted octanol–water partition coefficient (Wildman–Crippen LogP) is 3.83. The molecular formula is C26H29F2N5O2. The summed E-state index contributed by atoms with van der Waals surface area (Å²) in [5.74, 6) is -1.90. The predicted molar refractivity (Wildman–Crippen MR) is 133 cm³/mol. The Balaban J connectivity index is 1.40. The fraction of sp³-hybridized carbons (Fsp3) is 0.308. The zero-order valence-corrected chi connectivity index (χ0v) is 19.8. The van der Waals surface area contributed by atoms with Crippen molar-refractivity contribution in [3.63, 3.8) is 0 Å². The number of anilines is 2. The van der Waals surface area contributed by atoms with Crippen LogP contribution in [-0.2, 0) is 6.54 Å². The summed E-state index contributed by atoms with van der Waals surface area (Å²) in [6, 6.07) is 11.8. The highest BCUT2D eigenvalue weighted by molar-refractivity contribution is 6.04. The van der Waals surface area contributed by atoms with Crippen LogP contribution in [0.15, 0.2) is 59.5 Å². The highest BCUT2D eigenvalue weighted by atomic mass is 19.1. The van der Waals surface area contributed by atoms with Gasteiger partial charge in [0, 0.05) is 56.7 Å². The van der Waals surface area contributed by atoms with Crippen molar-refractivity contribution in [2.75, 3.05) is 43.9 Å². The van der Waals surface area contributed by atoms with E-state index in [2.05, 4.69) is 32.5 Å². The van der Waals surface area contributed by atoms with E-state index >= 15 is 0 Å². The average molecular weight is 482 g/mol. The molecule has 1 aliphatic rings. The first kappa shape index (κ1) is 24.6. The number of hydrogen-bond acceptors (Lipinski definition) is 5. The molecular weight excluding hydrogens is 452 g/mol. The van der Waals surface area contributed by atoms with Crippen molar-refractivity contribution in [1.29, 1.82) is 0 Å². The van der Waals surface area contributed by atoms with E-state index in [1.54, 1.807) is 6.92 Å². The van der Waals surface area contributed by atoms with Crippen molar-refractivity contribution in [2.24, 2.45) is 0 Å². The van der Waals surface area contributed by atoms with Gasteiger partial charge >= 0.3 is 0 Å². The highest BCUT2D eigenvalue weighted by Crippen LogP contribution is 2.21. The second kappa shape index (κ2) is 10.8. The van der Waals surface area contributed by atoms with E-state index in [1.165, 1.54) is 24.4 Å². The van der Waals surface area contributed by atoms with Crippen LogP contribution in [0.3, 0.4) is 0 Å². The number of aromatic amines is 1. The number of nitrogens with one attached hydrogen (secondary N) is 3. The van der Waals surface area contributed by atoms with E-state index in [0.29, 0.717) is 16.9 Å². The van der Waals surface area contributed by atoms with Crippen molar-refractivity contribution < 1.29 is 13.6 Å². The Hall–Kier alpha value is -3.56. The van der Waals surface area contributed by atoms with Crippen LogP contribution in [0.25, 0.3) is 0 Å². The van der Waals surface area contributed by atoms with Crippen LogP contribution < -0.4 is 16.2 Å². The second-order valence-electron chi connectivity index (χ2n) is 8.93. The number of aromatic nitrogens is 1. The third-order valence-electron chi connectivity index (χ3n) is 6.13. The molecule has 3 aromatic rings. The lowest BCUT2D eigenvalue weighted by Gasteiger charge is -2.32. The number of benzene rings is 2. The van der Waals surface area contributed by atoms with Gasteiger partial charge in [0.2, 0.25) is 0 Å². The maximum atomic E-state index is 13.5. The van der Waals surface area contributed by atoms with Crippen LogP contribution in [0, 0.1) is 11.6 Å². The quantitative estimate of drug-likeness (QED) is 0.478. The first-order valence-corrected chi connectivity index (χ1v) is 11.5. The van der Waals surface area contributed by atoms with Gasteiger partial charge in [-0.1, -0.05) is 12.1 Å². The van der Waals surface area contributed by atoms with Gasteiger partial charge in [0.15, 0.2) is 0 Å². The van der Waals surface area contributed by atoms with Crippen molar-refractivity contribution >= 4 is 17.3 Å². The van der Waals surface area contributed by atoms with E-state index in [-0.39, 0.29) is 5.56 Å². The third-order valence-corrected chi connectivity index (χ3v) is 6.13. The third kappa shape index (κ3) is 6.52. The zero-order valence-electron chi connectivity index (χ0n) is 19.8. The molecule has 1 saturated heterocycles. The minimum Gasteiger partial charge on any atom is -0.377 e. The smallest absolute Gasteiger partial charge is 0.261 e. The van der Waals surface area contributed by atoms with E-state index in [0.717, 1.165) is 44.4 Å². The summed E-state index contributed by atoms with van der Waals surface area (Å²) in [6.45, 7) is 6.72. The maximum absolute atomic E-state index is 13.5. The summed E-state index contributed by atoms with van der Waals surface area (Å²) >= 11 is 0. The molecule has 1 amide bonds. The minimum absolute atomic E-state index is 0.0749. The van der Waals surface area contributed by atoms with E-state index in [4.69, 9.17) is 0 Å². The molecule has 1 aliphatic heterocycles. The first-order valence-electron chi connectivity index (χ1n) is 11.5. The van der Waals surface area contributed by atoms with Gasteiger partial charge in [0.05, 0.1) is 5.69 Å². The van der Waals surface area contributed by atoms with Crippen LogP contribution in [0.1, 0.15) is 34.5 Å². The van der Waals surface area contributed by atoms with Gasteiger partial charge in [-0.15, -0.1) is 0 Å². The lowest BCUT2D eigenvalue weighted by molar-refractivity contribution is 0.102. The van der Waals surface area contributed by atoms with Crippen LogP contribution in [0.5, 0.6) is 0 Å². The molecule has 0 spiro atoms. The molecule has 4 rings (SSSR count). The number of rotatable bonds is 7. The molecule has 0 radical (unpaired) electrons. The Morgan fingerprint density at radius 3 is 2.31 bits per heavy atom. The summed E-state index contributed by atoms with van der Waals surface area (Å²) in [6.07, 6.45) is 1.42. The molecule has 0 unspecified atom stereocenters. The normalized spacial score (nSPS) is 15.5. The SMILES string of the molecule is C[C@@H](Nc1c[nH]c(=O)c(C(=O)Nc2ccc(CN3CCN(C)CC3)cc2)c1)c1cc(F)cc(F)c1. The lowest BCUT2D eigenvalue weighted by atomic mass is 10.1. The number of hydrogen-bond donors (Lipinski definition) is 3. The molecule has 1 aromatic heterocycles. The summed E-state index contributed by atoms with van der Waals surface area (Å²) in [4.78, 5) is 32.3. The van der Waals surface area contributed by atoms with Gasteiger partial charge in [0.25, 0.3) is 11.5 Å². The summed E-state index contributed by atoms with van der Waals surface area (Å²) in [7, 11) is 2.12. The molecule has 1 atom stereocenters. The lowest BCUT2D eigenvalue weighted by Crippen LogP contribution is -2.43. The van der Waals surface area contributed by atoms with E-state index < -0.39 is 29.1 Å². The molecule has 0 bridgehead atoms. The standard InChI is InChI=1S/C26H29F2N5O2/c1-17(19-11-20(27)13-21(28)12-19)30-23-14-24(25(34)29-15-23)26(35)31-22-5-3-18(4-6-22)16-33-9-7-32(2)8-10-33/h3-6,11-15,17,30H,7-10,16H2,1-2H3,(H,29,34)(H,31,35)/t17-/m1/s1. The van der Waals surface area contributed by atoms with Crippen molar-refractivity contribution in [2.45, 2.75) is 19.5 Å². The van der Waals surface area contributed by atoms with Gasteiger partial charge in [-0.2, -0.15) is 0 Å². The monoisotopic (exact) mass is 481 g/mol. The first-order chi connectivity index (χ1) is 16.8. The van der Waals surface area contributed by atoms with Crippen molar-refractivity contribution in [3.05, 3.63) is 93.4 Å². The van der Waals surface area contributed by atoms with Crippen LogP contribution in [-0.4, -0.2) is 53.9 Å². The van der Waals surface area contributed by atoms with Gasteiger partial charge in [-0.25, -0.2) is 8.78 Å². The fourth-order valence-corrected chi connectivity index (χ4v) is 4.05. The largest absolute Gasteiger partial charge is 0.377 e. The van der Waals surface area contributed by atoms with Crippen molar-refractivity contribution in [3.8, 4) is 0 Å². The molecule has 9 heteroatoms. The maximum Gasteiger partial charge on any atom is 0.261 e. The van der Waals surface area contributed by atoms with Crippen LogP contribution in [0.2, 0.25) is 0 Å². The summed E-state index contributed by atoms with van der Waals surface area (Å²) < 4.78 is 27.1. The van der Waals surface area contributed by atoms with Gasteiger partial charge in [-0.3, -0.25) is 14.5 Å². The van der Waals surface area contributed by atoms with E-state index in [1.807, 2.05) is 24.3 Å². The Bertz CT molecular complexity index is 1220. The summed E-state index contributed by atoms with van der Waals surface area (Å²) in [5, 5.41) is 5.81. The fourth-order valence-electron chi connectivity index (χ4n) is 4.05. The minimum atomic E-state index is -0.676. The molecule has 3 N–H and O–H groups in total. The Kier molecular flexibility index (Phi) is 7.57. The van der Waals surface area contributed by atoms with Gasteiger partial charge < -0.3 is 20.5 Å². The van der Waals surface area contributed by atoms with Crippen LogP contribution in [0.4, 0.5) is 20.2 Å². The number of likely N-dealkylation sites (N-methyl/N-ethyl adjacent to an activating group) is 1. The number of halogens is 2. The zero-order chi connectivity index (χ0) is 24.9. The Morgan fingerprint density at radius 2 is 1.66 bits per heavy atom. The molecule has 0 aliphatic carbocycles. The molecule has 7 nitrogen and oxygen atoms in total. The second-order valence-corrected chi connectivity index (χ2v) is 8.93. The molecule has 1 fully saturated rings. The Labute approximate surface area is 202 Å². The summed E-state index contributed by atoms with van der Waals surface area (Å²) in [5.41, 5.74) is 1.96. The van der Waals surface area contributed by atoms with Gasteiger partial charge in [-0.05, 0) is 55.4 Å². The molecule has 35 heavy (non-hydrogen) atoms.